The fourth-order valence-corrected chi connectivity index (χ4v) is 6.78. The third-order valence-electron chi connectivity index (χ3n) is 6.37. The van der Waals surface area contributed by atoms with Gasteiger partial charge in [0, 0.05) is 19.0 Å². The summed E-state index contributed by atoms with van der Waals surface area (Å²) in [5, 5.41) is 2.83. The van der Waals surface area contributed by atoms with Gasteiger partial charge in [0.1, 0.15) is 10.4 Å². The molecule has 0 amide bonds. The first-order valence-electron chi connectivity index (χ1n) is 12.1. The molecule has 2 heterocycles. The number of benzene rings is 3. The maximum Gasteiger partial charge on any atom is 0.268 e. The van der Waals surface area contributed by atoms with Crippen LogP contribution in [0, 0.1) is 0 Å². The van der Waals surface area contributed by atoms with Crippen molar-refractivity contribution in [2.75, 3.05) is 30.1 Å². The van der Waals surface area contributed by atoms with Gasteiger partial charge in [-0.15, -0.1) is 0 Å². The van der Waals surface area contributed by atoms with Crippen LogP contribution in [0.25, 0.3) is 27.1 Å². The van der Waals surface area contributed by atoms with Crippen molar-refractivity contribution in [3.8, 4) is 11.5 Å². The first kappa shape index (κ1) is 27.3. The lowest BCUT2D eigenvalue weighted by Gasteiger charge is -2.18. The molecule has 5 rings (SSSR count). The molecule has 0 saturated heterocycles. The van der Waals surface area contributed by atoms with Crippen LogP contribution in [0.1, 0.15) is 17.8 Å². The van der Waals surface area contributed by atoms with Crippen LogP contribution in [0.3, 0.4) is 0 Å². The second kappa shape index (κ2) is 10.7. The highest BCUT2D eigenvalue weighted by Gasteiger charge is 2.30. The van der Waals surface area contributed by atoms with Crippen molar-refractivity contribution in [3.05, 3.63) is 65.5 Å². The lowest BCUT2D eigenvalue weighted by atomic mass is 10.1. The minimum atomic E-state index is -4.13. The van der Waals surface area contributed by atoms with Gasteiger partial charge < -0.3 is 14.4 Å². The van der Waals surface area contributed by atoms with E-state index >= 15 is 0 Å². The summed E-state index contributed by atoms with van der Waals surface area (Å²) < 4.78 is 78.7. The molecule has 1 aromatic heterocycles. The van der Waals surface area contributed by atoms with Gasteiger partial charge >= 0.3 is 0 Å². The van der Waals surface area contributed by atoms with Crippen LogP contribution in [-0.4, -0.2) is 51.1 Å². The summed E-state index contributed by atoms with van der Waals surface area (Å²) in [6.45, 7) is 0.582. The highest BCUT2D eigenvalue weighted by atomic mass is 32.2. The smallest absolute Gasteiger partial charge is 0.268 e. The van der Waals surface area contributed by atoms with Crippen molar-refractivity contribution < 1.29 is 40.0 Å². The van der Waals surface area contributed by atoms with E-state index in [1.165, 1.54) is 11.3 Å². The van der Waals surface area contributed by atoms with E-state index < -0.39 is 26.0 Å². The molecule has 0 unspecified atom stereocenters. The van der Waals surface area contributed by atoms with Crippen LogP contribution in [0.2, 0.25) is 0 Å². The standard InChI is InChI=1S/C26H26N2O8S3/c1-35-19-9-10-22-21(16-19)27(12-4-14-38(29,30)31)24(36-22)17-25-28(13-5-15-39(32,33)34)26-20-7-3-2-6-18(20)8-11-23(26)37-25/h2-3,6-11,16-17H,4-5,12-15H2,1H3,(H-,29,30,31,32,33,34)/p+1. The molecule has 39 heavy (non-hydrogen) atoms. The van der Waals surface area contributed by atoms with Crippen LogP contribution in [0.5, 0.6) is 11.5 Å². The van der Waals surface area contributed by atoms with Gasteiger partial charge in [-0.05, 0) is 36.1 Å². The summed E-state index contributed by atoms with van der Waals surface area (Å²) in [6.07, 6.45) is 2.19. The topological polar surface area (TPSA) is 134 Å². The summed E-state index contributed by atoms with van der Waals surface area (Å²) in [4.78, 5) is 1.83. The van der Waals surface area contributed by atoms with Crippen molar-refractivity contribution in [2.45, 2.75) is 19.4 Å². The summed E-state index contributed by atoms with van der Waals surface area (Å²) in [7, 11) is -6.71. The van der Waals surface area contributed by atoms with Crippen LogP contribution >= 0.6 is 11.3 Å². The molecule has 10 nitrogen and oxygen atoms in total. The van der Waals surface area contributed by atoms with E-state index in [0.717, 1.165) is 26.0 Å². The molecule has 0 spiro atoms. The van der Waals surface area contributed by atoms with Gasteiger partial charge in [-0.3, -0.25) is 9.11 Å². The van der Waals surface area contributed by atoms with Crippen molar-refractivity contribution in [1.82, 2.24) is 0 Å². The lowest BCUT2D eigenvalue weighted by molar-refractivity contribution is -0.667. The summed E-state index contributed by atoms with van der Waals surface area (Å²) in [5.41, 5.74) is 1.64. The molecule has 1 aliphatic heterocycles. The quantitative estimate of drug-likeness (QED) is 0.206. The zero-order chi connectivity index (χ0) is 27.8. The Morgan fingerprint density at radius 1 is 1.00 bits per heavy atom. The zero-order valence-electron chi connectivity index (χ0n) is 21.0. The molecule has 13 heteroatoms. The van der Waals surface area contributed by atoms with Crippen molar-refractivity contribution in [2.24, 2.45) is 0 Å². The number of nitrogens with zero attached hydrogens (tertiary/aromatic N) is 2. The minimum absolute atomic E-state index is 0.154. The molecule has 206 valence electrons. The van der Waals surface area contributed by atoms with E-state index in [0.29, 0.717) is 29.6 Å². The Hall–Kier alpha value is -3.23. The lowest BCUT2D eigenvalue weighted by Crippen LogP contribution is -2.36. The Bertz CT molecular complexity index is 1800. The minimum Gasteiger partial charge on any atom is -0.497 e. The number of anilines is 1. The Kier molecular flexibility index (Phi) is 7.53. The van der Waals surface area contributed by atoms with Gasteiger partial charge in [-0.1, -0.05) is 35.6 Å². The van der Waals surface area contributed by atoms with Gasteiger partial charge in [0.05, 0.1) is 35.8 Å². The third kappa shape index (κ3) is 6.17. The third-order valence-corrected chi connectivity index (χ3v) is 9.07. The number of methoxy groups -OCH3 is 1. The van der Waals surface area contributed by atoms with E-state index in [4.69, 9.17) is 9.47 Å². The second-order valence-electron chi connectivity index (χ2n) is 9.07. The van der Waals surface area contributed by atoms with E-state index in [1.807, 2.05) is 51.9 Å². The molecular weight excluding hydrogens is 564 g/mol. The maximum atomic E-state index is 11.4. The van der Waals surface area contributed by atoms with E-state index in [-0.39, 0.29) is 25.1 Å². The van der Waals surface area contributed by atoms with Crippen LogP contribution in [0.4, 0.5) is 5.69 Å². The summed E-state index contributed by atoms with van der Waals surface area (Å²) >= 11 is 1.51. The Labute approximate surface area is 230 Å². The fourth-order valence-electron chi connectivity index (χ4n) is 4.66. The number of aryl methyl sites for hydroxylation is 1. The van der Waals surface area contributed by atoms with Gasteiger partial charge in [0.25, 0.3) is 25.2 Å². The van der Waals surface area contributed by atoms with E-state index in [9.17, 15) is 25.9 Å². The number of aromatic nitrogens is 1. The first-order chi connectivity index (χ1) is 18.5. The molecule has 4 aromatic rings. The maximum absolute atomic E-state index is 11.4. The summed E-state index contributed by atoms with van der Waals surface area (Å²) in [6, 6.07) is 17.3. The molecule has 1 aliphatic rings. The predicted octanol–water partition coefficient (Wildman–Crippen LogP) is 4.10. The molecular formula is C26H27N2O8S3+. The van der Waals surface area contributed by atoms with E-state index in [1.54, 1.807) is 25.3 Å². The fraction of sp³-hybridized carbons (Fsp3) is 0.269. The molecule has 0 aliphatic carbocycles. The number of fused-ring (bicyclic) bond motifs is 4. The average Bonchev–Trinajstić information content (AvgIpc) is 3.40. The van der Waals surface area contributed by atoms with E-state index in [2.05, 4.69) is 0 Å². The van der Waals surface area contributed by atoms with Crippen LogP contribution in [-0.2, 0) is 26.8 Å². The van der Waals surface area contributed by atoms with Gasteiger partial charge in [-0.2, -0.15) is 21.4 Å². The van der Waals surface area contributed by atoms with Crippen LogP contribution < -0.4 is 18.9 Å². The molecule has 3 aromatic carbocycles. The molecule has 2 N–H and O–H groups in total. The molecule has 0 atom stereocenters. The Morgan fingerprint density at radius 3 is 2.49 bits per heavy atom. The predicted molar refractivity (Wildman–Crippen MR) is 151 cm³/mol. The monoisotopic (exact) mass is 591 g/mol. The Balaban J connectivity index is 1.60. The number of thiazole rings is 1. The Morgan fingerprint density at radius 2 is 1.74 bits per heavy atom. The highest BCUT2D eigenvalue weighted by Crippen LogP contribution is 2.42. The summed E-state index contributed by atoms with van der Waals surface area (Å²) in [5.74, 6) is 0.848. The van der Waals surface area contributed by atoms with Crippen molar-refractivity contribution >= 4 is 64.3 Å². The second-order valence-corrected chi connectivity index (χ2v) is 13.3. The van der Waals surface area contributed by atoms with Gasteiger partial charge in [-0.25, -0.2) is 0 Å². The number of ether oxygens (including phenoxy) is 2. The molecule has 0 saturated carbocycles. The number of hydrogen-bond donors (Lipinski definition) is 2. The number of hydrogen-bond acceptors (Lipinski definition) is 8. The van der Waals surface area contributed by atoms with Crippen molar-refractivity contribution in [3.63, 3.8) is 0 Å². The SMILES string of the molecule is COc1ccc2c(c1)N(CCCS(=O)(=O)O)/C(=C/c1sc3ccc4ccccc4c3[n+]1CCCS(=O)(=O)O)O2. The number of rotatable bonds is 10. The van der Waals surface area contributed by atoms with Gasteiger partial charge in [0.15, 0.2) is 12.3 Å². The normalized spacial score (nSPS) is 14.7. The van der Waals surface area contributed by atoms with Crippen LogP contribution in [0.15, 0.2) is 60.5 Å². The highest BCUT2D eigenvalue weighted by molar-refractivity contribution is 7.86. The average molecular weight is 592 g/mol. The largest absolute Gasteiger partial charge is 0.497 e. The molecule has 0 radical (unpaired) electrons. The molecule has 0 bridgehead atoms. The zero-order valence-corrected chi connectivity index (χ0v) is 23.4. The van der Waals surface area contributed by atoms with Crippen molar-refractivity contribution in [1.29, 1.82) is 0 Å². The first-order valence-corrected chi connectivity index (χ1v) is 16.2. The molecule has 0 fully saturated rings. The van der Waals surface area contributed by atoms with Gasteiger partial charge in [0.2, 0.25) is 11.4 Å².